The van der Waals surface area contributed by atoms with E-state index >= 15 is 0 Å². The van der Waals surface area contributed by atoms with Crippen molar-refractivity contribution in [3.05, 3.63) is 70.3 Å². The van der Waals surface area contributed by atoms with Gasteiger partial charge in [-0.25, -0.2) is 4.79 Å². The Bertz CT molecular complexity index is 568. The van der Waals surface area contributed by atoms with Crippen molar-refractivity contribution in [2.24, 2.45) is 0 Å². The molecule has 2 nitrogen and oxygen atoms in total. The molecular weight excluding hydrogens is 224 g/mol. The average molecular weight is 240 g/mol. The Morgan fingerprint density at radius 2 is 1.61 bits per heavy atom. The van der Waals surface area contributed by atoms with Gasteiger partial charge in [0.2, 0.25) is 0 Å². The summed E-state index contributed by atoms with van der Waals surface area (Å²) in [6.45, 7) is 3.90. The largest absolute Gasteiger partial charge is 0.478 e. The Morgan fingerprint density at radius 3 is 2.17 bits per heavy atom. The molecule has 0 aromatic heterocycles. The van der Waals surface area contributed by atoms with Crippen LogP contribution in [-0.4, -0.2) is 11.1 Å². The molecule has 0 aliphatic carbocycles. The Labute approximate surface area is 107 Å². The molecule has 0 amide bonds. The fourth-order valence-electron chi connectivity index (χ4n) is 2.02. The molecule has 0 spiro atoms. The lowest BCUT2D eigenvalue weighted by molar-refractivity contribution is 0.0696. The zero-order valence-electron chi connectivity index (χ0n) is 10.6. The van der Waals surface area contributed by atoms with E-state index in [1.807, 2.05) is 19.1 Å². The highest BCUT2D eigenvalue weighted by Gasteiger charge is 2.07. The van der Waals surface area contributed by atoms with Crippen molar-refractivity contribution in [1.29, 1.82) is 0 Å². The van der Waals surface area contributed by atoms with Crippen LogP contribution >= 0.6 is 0 Å². The molecule has 0 saturated heterocycles. The predicted molar refractivity (Wildman–Crippen MR) is 72.1 cm³/mol. The molecule has 2 heteroatoms. The first-order valence-electron chi connectivity index (χ1n) is 5.94. The zero-order chi connectivity index (χ0) is 13.1. The number of hydrogen-bond donors (Lipinski definition) is 1. The summed E-state index contributed by atoms with van der Waals surface area (Å²) in [5.41, 5.74) is 4.82. The fourth-order valence-corrected chi connectivity index (χ4v) is 2.02. The lowest BCUT2D eigenvalue weighted by Crippen LogP contribution is -2.00. The van der Waals surface area contributed by atoms with Gasteiger partial charge in [0.25, 0.3) is 0 Å². The van der Waals surface area contributed by atoms with Gasteiger partial charge in [-0.3, -0.25) is 0 Å². The number of benzene rings is 2. The predicted octanol–water partition coefficient (Wildman–Crippen LogP) is 3.59. The van der Waals surface area contributed by atoms with Crippen molar-refractivity contribution >= 4 is 5.97 Å². The molecule has 2 aromatic rings. The van der Waals surface area contributed by atoms with Gasteiger partial charge >= 0.3 is 5.97 Å². The standard InChI is InChI=1S/C16H16O2/c1-11-3-5-13(6-4-11)10-14-7-8-15(16(17)18)12(2)9-14/h3-9H,10H2,1-2H3,(H,17,18). The van der Waals surface area contributed by atoms with Crippen molar-refractivity contribution in [2.45, 2.75) is 20.3 Å². The van der Waals surface area contributed by atoms with E-state index in [9.17, 15) is 4.79 Å². The van der Waals surface area contributed by atoms with E-state index in [4.69, 9.17) is 5.11 Å². The zero-order valence-corrected chi connectivity index (χ0v) is 10.6. The minimum atomic E-state index is -0.866. The van der Waals surface area contributed by atoms with Crippen LogP contribution in [0.15, 0.2) is 42.5 Å². The SMILES string of the molecule is Cc1ccc(Cc2ccc(C(=O)O)c(C)c2)cc1. The van der Waals surface area contributed by atoms with Crippen LogP contribution in [-0.2, 0) is 6.42 Å². The first-order chi connectivity index (χ1) is 8.56. The number of aromatic carboxylic acids is 1. The van der Waals surface area contributed by atoms with E-state index in [0.717, 1.165) is 17.5 Å². The van der Waals surface area contributed by atoms with E-state index in [1.54, 1.807) is 6.07 Å². The molecule has 18 heavy (non-hydrogen) atoms. The smallest absolute Gasteiger partial charge is 0.335 e. The summed E-state index contributed by atoms with van der Waals surface area (Å²) in [7, 11) is 0. The second-order valence-electron chi connectivity index (χ2n) is 4.62. The van der Waals surface area contributed by atoms with Crippen molar-refractivity contribution in [2.75, 3.05) is 0 Å². The molecular formula is C16H16O2. The topological polar surface area (TPSA) is 37.3 Å². The quantitative estimate of drug-likeness (QED) is 0.890. The number of rotatable bonds is 3. The number of carbonyl (C=O) groups is 1. The molecule has 0 fully saturated rings. The Kier molecular flexibility index (Phi) is 3.47. The van der Waals surface area contributed by atoms with Crippen LogP contribution in [0.2, 0.25) is 0 Å². The maximum Gasteiger partial charge on any atom is 0.335 e. The second kappa shape index (κ2) is 5.05. The molecule has 1 N–H and O–H groups in total. The molecule has 0 unspecified atom stereocenters. The molecule has 92 valence electrons. The van der Waals surface area contributed by atoms with Gasteiger partial charge in [-0.15, -0.1) is 0 Å². The van der Waals surface area contributed by atoms with E-state index < -0.39 is 5.97 Å². The third-order valence-corrected chi connectivity index (χ3v) is 3.05. The highest BCUT2D eigenvalue weighted by atomic mass is 16.4. The lowest BCUT2D eigenvalue weighted by Gasteiger charge is -2.06. The molecule has 0 radical (unpaired) electrons. The number of carboxylic acid groups (broad SMARTS) is 1. The maximum atomic E-state index is 10.9. The van der Waals surface area contributed by atoms with Crippen LogP contribution in [0.3, 0.4) is 0 Å². The first kappa shape index (κ1) is 12.4. The minimum Gasteiger partial charge on any atom is -0.478 e. The van der Waals surface area contributed by atoms with E-state index in [2.05, 4.69) is 31.2 Å². The fraction of sp³-hybridized carbons (Fsp3) is 0.188. The van der Waals surface area contributed by atoms with E-state index in [-0.39, 0.29) is 0 Å². The molecule has 0 aliphatic rings. The van der Waals surface area contributed by atoms with E-state index in [1.165, 1.54) is 11.1 Å². The van der Waals surface area contributed by atoms with Crippen molar-refractivity contribution < 1.29 is 9.90 Å². The highest BCUT2D eigenvalue weighted by molar-refractivity contribution is 5.89. The Morgan fingerprint density at radius 1 is 1.00 bits per heavy atom. The van der Waals surface area contributed by atoms with Crippen LogP contribution in [0.25, 0.3) is 0 Å². The lowest BCUT2D eigenvalue weighted by atomic mass is 9.99. The second-order valence-corrected chi connectivity index (χ2v) is 4.62. The highest BCUT2D eigenvalue weighted by Crippen LogP contribution is 2.15. The van der Waals surface area contributed by atoms with E-state index in [0.29, 0.717) is 5.56 Å². The number of aryl methyl sites for hydroxylation is 2. The molecule has 0 atom stereocenters. The van der Waals surface area contributed by atoms with Crippen molar-refractivity contribution in [1.82, 2.24) is 0 Å². The third-order valence-electron chi connectivity index (χ3n) is 3.05. The average Bonchev–Trinajstić information content (AvgIpc) is 2.32. The number of hydrogen-bond acceptors (Lipinski definition) is 1. The molecule has 0 saturated carbocycles. The van der Waals surface area contributed by atoms with Gasteiger partial charge in [0, 0.05) is 0 Å². The Balaban J connectivity index is 2.22. The number of carboxylic acids is 1. The Hall–Kier alpha value is -2.09. The van der Waals surface area contributed by atoms with Gasteiger partial charge in [-0.2, -0.15) is 0 Å². The van der Waals surface area contributed by atoms with Crippen LogP contribution < -0.4 is 0 Å². The first-order valence-corrected chi connectivity index (χ1v) is 5.94. The molecule has 0 heterocycles. The van der Waals surface area contributed by atoms with Crippen LogP contribution in [0.4, 0.5) is 0 Å². The normalized spacial score (nSPS) is 10.3. The summed E-state index contributed by atoms with van der Waals surface area (Å²) in [6.07, 6.45) is 0.834. The van der Waals surface area contributed by atoms with Gasteiger partial charge in [-0.05, 0) is 43.0 Å². The maximum absolute atomic E-state index is 10.9. The minimum absolute atomic E-state index is 0.377. The summed E-state index contributed by atoms with van der Waals surface area (Å²) >= 11 is 0. The molecule has 0 aliphatic heterocycles. The van der Waals surface area contributed by atoms with Gasteiger partial charge in [0.1, 0.15) is 0 Å². The summed E-state index contributed by atoms with van der Waals surface area (Å²) in [5, 5.41) is 8.98. The summed E-state index contributed by atoms with van der Waals surface area (Å²) in [4.78, 5) is 10.9. The van der Waals surface area contributed by atoms with Gasteiger partial charge in [0.15, 0.2) is 0 Å². The summed E-state index contributed by atoms with van der Waals surface area (Å²) in [6, 6.07) is 13.9. The van der Waals surface area contributed by atoms with Crippen molar-refractivity contribution in [3.8, 4) is 0 Å². The van der Waals surface area contributed by atoms with Crippen LogP contribution in [0.1, 0.15) is 32.6 Å². The van der Waals surface area contributed by atoms with Crippen LogP contribution in [0.5, 0.6) is 0 Å². The third kappa shape index (κ3) is 2.77. The summed E-state index contributed by atoms with van der Waals surface area (Å²) in [5.74, 6) is -0.866. The monoisotopic (exact) mass is 240 g/mol. The molecule has 2 aromatic carbocycles. The van der Waals surface area contributed by atoms with Gasteiger partial charge in [0.05, 0.1) is 5.56 Å². The molecule has 2 rings (SSSR count). The summed E-state index contributed by atoms with van der Waals surface area (Å²) < 4.78 is 0. The van der Waals surface area contributed by atoms with Gasteiger partial charge in [-0.1, -0.05) is 42.0 Å². The molecule has 0 bridgehead atoms. The van der Waals surface area contributed by atoms with Crippen molar-refractivity contribution in [3.63, 3.8) is 0 Å². The van der Waals surface area contributed by atoms with Crippen LogP contribution in [0, 0.1) is 13.8 Å². The van der Waals surface area contributed by atoms with Gasteiger partial charge < -0.3 is 5.11 Å².